The summed E-state index contributed by atoms with van der Waals surface area (Å²) in [6.07, 6.45) is -5.70. The molecule has 20 heteroatoms. The molecule has 0 saturated carbocycles. The molecule has 2 aromatic rings. The second-order valence-electron chi connectivity index (χ2n) is 14.0. The number of phenolic OH excluding ortho intramolecular Hbond substituents is 3. The highest BCUT2D eigenvalue weighted by atomic mass is 16.3. The second-order valence-corrected chi connectivity index (χ2v) is 14.0. The van der Waals surface area contributed by atoms with Crippen molar-refractivity contribution in [1.82, 2.24) is 31.1 Å². The van der Waals surface area contributed by atoms with E-state index in [9.17, 15) is 69.9 Å². The highest BCUT2D eigenvalue weighted by Crippen LogP contribution is 2.38. The highest BCUT2D eigenvalue weighted by molar-refractivity contribution is 5.97. The van der Waals surface area contributed by atoms with E-state index in [1.807, 2.05) is 14.1 Å². The lowest BCUT2D eigenvalue weighted by atomic mass is 9.95. The van der Waals surface area contributed by atoms with Gasteiger partial charge in [0.25, 0.3) is 5.91 Å². The first-order valence-corrected chi connectivity index (χ1v) is 17.4. The molecule has 20 nitrogen and oxygen atoms in total. The van der Waals surface area contributed by atoms with E-state index in [1.54, 1.807) is 0 Å². The van der Waals surface area contributed by atoms with Crippen molar-refractivity contribution in [2.75, 3.05) is 40.5 Å². The summed E-state index contributed by atoms with van der Waals surface area (Å²) in [5.74, 6) is -5.81. The molecule has 55 heavy (non-hydrogen) atoms. The quantitative estimate of drug-likeness (QED) is 0.0502. The molecule has 304 valence electrons. The van der Waals surface area contributed by atoms with Crippen molar-refractivity contribution in [3.63, 3.8) is 0 Å². The number of fused-ring (bicyclic) bond motifs is 1. The van der Waals surface area contributed by atoms with Crippen molar-refractivity contribution in [3.05, 3.63) is 47.5 Å². The van der Waals surface area contributed by atoms with E-state index in [4.69, 9.17) is 0 Å². The summed E-state index contributed by atoms with van der Waals surface area (Å²) < 4.78 is 0.219. The molecule has 0 saturated heterocycles. The van der Waals surface area contributed by atoms with Crippen LogP contribution in [0.1, 0.15) is 35.7 Å². The molecular weight excluding hydrogens is 728 g/mol. The second kappa shape index (κ2) is 19.5. The molecule has 2 aromatic carbocycles. The van der Waals surface area contributed by atoms with Crippen LogP contribution in [-0.4, -0.2) is 164 Å². The van der Waals surface area contributed by atoms with Crippen LogP contribution in [-0.2, 0) is 25.6 Å². The number of hydrogen-bond donors (Lipinski definition) is 14. The van der Waals surface area contributed by atoms with Gasteiger partial charge in [0.1, 0.15) is 36.1 Å². The van der Waals surface area contributed by atoms with Crippen molar-refractivity contribution in [3.8, 4) is 17.2 Å². The third-order valence-electron chi connectivity index (χ3n) is 9.09. The number of para-hydroxylation sites is 1. The van der Waals surface area contributed by atoms with Gasteiger partial charge in [-0.15, -0.1) is 0 Å². The van der Waals surface area contributed by atoms with Crippen molar-refractivity contribution < 1.29 is 69.9 Å². The van der Waals surface area contributed by atoms with E-state index in [2.05, 4.69) is 26.6 Å². The Morgan fingerprint density at radius 2 is 1.38 bits per heavy atom. The van der Waals surface area contributed by atoms with Crippen LogP contribution in [0.5, 0.6) is 17.2 Å². The zero-order chi connectivity index (χ0) is 41.2. The Morgan fingerprint density at radius 3 is 1.98 bits per heavy atom. The molecule has 0 aliphatic carbocycles. The topological polar surface area (TPSA) is 328 Å². The maximum atomic E-state index is 13.1. The molecule has 1 aliphatic heterocycles. The summed E-state index contributed by atoms with van der Waals surface area (Å²) in [6.45, 7) is -1.15. The Morgan fingerprint density at radius 1 is 0.782 bits per heavy atom. The predicted molar refractivity (Wildman–Crippen MR) is 193 cm³/mol. The molecule has 0 fully saturated rings. The van der Waals surface area contributed by atoms with Gasteiger partial charge >= 0.3 is 0 Å². The van der Waals surface area contributed by atoms with Crippen molar-refractivity contribution in [2.24, 2.45) is 0 Å². The number of aromatic hydroxyl groups is 3. The third-order valence-corrected chi connectivity index (χ3v) is 9.09. The maximum absolute atomic E-state index is 13.1. The highest BCUT2D eigenvalue weighted by Gasteiger charge is 2.37. The minimum absolute atomic E-state index is 0.132. The fraction of sp³-hybridized carbons (Fsp3) is 0.514. The number of rotatable bonds is 18. The van der Waals surface area contributed by atoms with Crippen LogP contribution in [0.2, 0.25) is 0 Å². The number of phenols is 3. The Hall–Kier alpha value is -5.09. The number of benzene rings is 2. The Labute approximate surface area is 316 Å². The average Bonchev–Trinajstić information content (AvgIpc) is 3.10. The molecule has 0 unspecified atom stereocenters. The number of hydrogen-bond acceptors (Lipinski definition) is 14. The summed E-state index contributed by atoms with van der Waals surface area (Å²) in [5.41, 5.74) is 1.24. The molecule has 1 aliphatic rings. The van der Waals surface area contributed by atoms with Crippen LogP contribution in [0.15, 0.2) is 36.4 Å². The number of amides is 5. The van der Waals surface area contributed by atoms with Gasteiger partial charge in [-0.1, -0.05) is 12.1 Å². The molecule has 5 amide bonds. The summed E-state index contributed by atoms with van der Waals surface area (Å²) in [7, 11) is 3.64. The van der Waals surface area contributed by atoms with E-state index >= 15 is 0 Å². The van der Waals surface area contributed by atoms with E-state index in [0.29, 0.717) is 12.1 Å². The number of carbonyl (C=O) groups is 5. The Kier molecular flexibility index (Phi) is 15.7. The monoisotopic (exact) mass is 779 g/mol. The Balaban J connectivity index is 1.55. The van der Waals surface area contributed by atoms with Gasteiger partial charge < -0.3 is 72.5 Å². The van der Waals surface area contributed by atoms with Crippen LogP contribution >= 0.6 is 0 Å². The number of likely N-dealkylation sites (N-methyl/N-ethyl adjacent to an activating group) is 1. The molecule has 3 rings (SSSR count). The van der Waals surface area contributed by atoms with Gasteiger partial charge in [0.15, 0.2) is 11.5 Å². The van der Waals surface area contributed by atoms with Crippen molar-refractivity contribution in [2.45, 2.75) is 74.7 Å². The van der Waals surface area contributed by atoms with Gasteiger partial charge in [-0.2, -0.15) is 0 Å². The first-order chi connectivity index (χ1) is 25.8. The predicted octanol–water partition coefficient (Wildman–Crippen LogP) is -4.48. The van der Waals surface area contributed by atoms with E-state index in [0.717, 1.165) is 12.6 Å². The van der Waals surface area contributed by atoms with E-state index < -0.39 is 111 Å². The zero-order valence-corrected chi connectivity index (χ0v) is 30.5. The lowest BCUT2D eigenvalue weighted by Crippen LogP contribution is -2.62. The first-order valence-electron chi connectivity index (χ1n) is 17.4. The van der Waals surface area contributed by atoms with Gasteiger partial charge in [0, 0.05) is 24.5 Å². The normalized spacial score (nSPS) is 18.5. The Bertz CT molecular complexity index is 1690. The largest absolute Gasteiger partial charge is 0.507 e. The minimum atomic E-state index is -1.72. The van der Waals surface area contributed by atoms with Crippen molar-refractivity contribution in [1.29, 1.82) is 0 Å². The van der Waals surface area contributed by atoms with Gasteiger partial charge in [0.05, 0.1) is 76.3 Å². The summed E-state index contributed by atoms with van der Waals surface area (Å²) in [4.78, 5) is 64.4. The molecule has 0 aromatic heterocycles. The number of quaternary nitrogens is 1. The minimum Gasteiger partial charge on any atom is -0.507 e. The van der Waals surface area contributed by atoms with E-state index in [-0.39, 0.29) is 33.7 Å². The maximum Gasteiger partial charge on any atom is 0.255 e. The molecule has 0 radical (unpaired) electrons. The lowest BCUT2D eigenvalue weighted by molar-refractivity contribution is -0.136. The van der Waals surface area contributed by atoms with Crippen LogP contribution in [0.4, 0.5) is 5.69 Å². The van der Waals surface area contributed by atoms with Crippen LogP contribution in [0, 0.1) is 0 Å². The number of carbonyl (C=O) groups excluding carboxylic acids is 5. The first kappa shape index (κ1) is 44.3. The summed E-state index contributed by atoms with van der Waals surface area (Å²) >= 11 is 0. The van der Waals surface area contributed by atoms with Crippen LogP contribution < -0.4 is 31.1 Å². The SMILES string of the molecule is C[C@@H](O)[C@H](NC(=O)C[C@H](O)C[C@@H](O)[C@H](CO)NC(=O)c1ccccc1O)C(=O)N[C@H](CO)C(=O)N[C@@H](CO)C(=O)N[C@H]1Cc2cc(O)c(O)cc2[N+](C)(C)C1. The number of nitrogens with one attached hydrogen (secondary N) is 5. The van der Waals surface area contributed by atoms with E-state index in [1.165, 1.54) is 36.4 Å². The molecule has 1 heterocycles. The lowest BCUT2D eigenvalue weighted by Gasteiger charge is -2.39. The fourth-order valence-electron chi connectivity index (χ4n) is 6.19. The zero-order valence-electron chi connectivity index (χ0n) is 30.5. The molecule has 0 bridgehead atoms. The fourth-order valence-corrected chi connectivity index (χ4v) is 6.19. The molecular formula is C35H51N6O14+. The van der Waals surface area contributed by atoms with Gasteiger partial charge in [-0.25, -0.2) is 0 Å². The molecule has 0 spiro atoms. The average molecular weight is 780 g/mol. The number of nitrogens with zero attached hydrogens (tertiary/aromatic N) is 1. The standard InChI is InChI=1S/C35H50N6O14/c1-17(45)31(40-30(51)11-20(46)10-27(48)22(14-42)37-32(52)21-6-4-5-7-26(21)47)35(55)39-24(16-44)34(54)38-23(15-43)33(53)36-19-8-18-9-28(49)29(50)12-25(18)41(2,3)13-19/h4-7,9,12,17,19-20,22-24,27,31,42-46,48H,8,10-11,13-16H2,1-3H3,(H7-,36,37,38,39,40,47,49,50,51,52,53,54,55)/p+1/t17-,19+,20-,22+,23+,24-,27-,31+/m1/s1. The summed E-state index contributed by atoms with van der Waals surface area (Å²) in [6, 6.07) is 1.56. The van der Waals surface area contributed by atoms with Gasteiger partial charge in [-0.05, 0) is 25.1 Å². The van der Waals surface area contributed by atoms with Gasteiger partial charge in [-0.3, -0.25) is 28.5 Å². The van der Waals surface area contributed by atoms with Crippen LogP contribution in [0.25, 0.3) is 0 Å². The smallest absolute Gasteiger partial charge is 0.255 e. The van der Waals surface area contributed by atoms with Crippen LogP contribution in [0.3, 0.4) is 0 Å². The number of aliphatic hydroxyl groups excluding tert-OH is 6. The number of aliphatic hydroxyl groups is 6. The van der Waals surface area contributed by atoms with Gasteiger partial charge in [0.2, 0.25) is 23.6 Å². The summed E-state index contributed by atoms with van der Waals surface area (Å²) in [5, 5.41) is 102. The van der Waals surface area contributed by atoms with Crippen molar-refractivity contribution >= 4 is 35.2 Å². The third kappa shape index (κ3) is 11.9. The molecule has 14 N–H and O–H groups in total. The molecule has 8 atom stereocenters.